The molecule has 0 radical (unpaired) electrons. The molecule has 1 aliphatic rings. The van der Waals surface area contributed by atoms with E-state index in [1.54, 1.807) is 12.1 Å². The third-order valence-corrected chi connectivity index (χ3v) is 6.20. The number of para-hydroxylation sites is 2. The molecule has 0 N–H and O–H groups in total. The predicted octanol–water partition coefficient (Wildman–Crippen LogP) is 2.32. The van der Waals surface area contributed by atoms with Crippen molar-refractivity contribution in [1.29, 1.82) is 0 Å². The van der Waals surface area contributed by atoms with Gasteiger partial charge in [-0.3, -0.25) is 14.2 Å². The molecular formula is C18H13F2N3O5S. The smallest absolute Gasteiger partial charge is 0.327 e. The molecule has 8 nitrogen and oxygen atoms in total. The Hall–Kier alpha value is -3.34. The molecule has 0 aliphatic carbocycles. The first kappa shape index (κ1) is 19.0. The standard InChI is InChI=1S/C18H13F2N3O5S/c19-18(20)23-13-7-3-2-6-12(13)21-15(23)10-28-16(24)9-22-17(25)11-5-1-4-8-14(11)29(22,26)27/h1-8,18H,9-10H2. The van der Waals surface area contributed by atoms with Crippen LogP contribution in [0.5, 0.6) is 0 Å². The Morgan fingerprint density at radius 2 is 1.79 bits per heavy atom. The minimum Gasteiger partial charge on any atom is -0.456 e. The molecule has 0 bridgehead atoms. The lowest BCUT2D eigenvalue weighted by Crippen LogP contribution is -2.35. The van der Waals surface area contributed by atoms with Gasteiger partial charge >= 0.3 is 12.5 Å². The van der Waals surface area contributed by atoms with Crippen molar-refractivity contribution >= 4 is 32.9 Å². The molecule has 29 heavy (non-hydrogen) atoms. The van der Waals surface area contributed by atoms with Crippen LogP contribution < -0.4 is 0 Å². The minimum absolute atomic E-state index is 0.0419. The van der Waals surface area contributed by atoms with E-state index < -0.39 is 41.6 Å². The summed E-state index contributed by atoms with van der Waals surface area (Å²) in [5.41, 5.74) is 0.424. The topological polar surface area (TPSA) is 98.6 Å². The van der Waals surface area contributed by atoms with Gasteiger partial charge in [0.1, 0.15) is 18.0 Å². The summed E-state index contributed by atoms with van der Waals surface area (Å²) >= 11 is 0. The van der Waals surface area contributed by atoms with Crippen molar-refractivity contribution in [1.82, 2.24) is 13.9 Å². The molecule has 2 heterocycles. The van der Waals surface area contributed by atoms with Crippen LogP contribution >= 0.6 is 0 Å². The van der Waals surface area contributed by atoms with E-state index in [1.165, 1.54) is 36.4 Å². The summed E-state index contributed by atoms with van der Waals surface area (Å²) in [4.78, 5) is 28.3. The normalized spacial score (nSPS) is 15.1. The average Bonchev–Trinajstić information content (AvgIpc) is 3.16. The Balaban J connectivity index is 1.52. The molecule has 1 aliphatic heterocycles. The molecule has 3 aromatic rings. The van der Waals surface area contributed by atoms with Crippen LogP contribution in [0.2, 0.25) is 0 Å². The second-order valence-electron chi connectivity index (χ2n) is 6.14. The van der Waals surface area contributed by atoms with E-state index in [0.29, 0.717) is 14.4 Å². The quantitative estimate of drug-likeness (QED) is 0.587. The molecule has 2 aromatic carbocycles. The zero-order valence-electron chi connectivity index (χ0n) is 14.7. The van der Waals surface area contributed by atoms with Crippen molar-refractivity contribution in [2.75, 3.05) is 6.54 Å². The molecule has 11 heteroatoms. The number of rotatable bonds is 5. The highest BCUT2D eigenvalue weighted by atomic mass is 32.2. The first-order valence-corrected chi connectivity index (χ1v) is 9.80. The number of aromatic nitrogens is 2. The van der Waals surface area contributed by atoms with E-state index in [-0.39, 0.29) is 21.8 Å². The molecule has 1 aromatic heterocycles. The van der Waals surface area contributed by atoms with Crippen molar-refractivity contribution in [3.05, 3.63) is 59.9 Å². The van der Waals surface area contributed by atoms with E-state index in [4.69, 9.17) is 4.74 Å². The third kappa shape index (κ3) is 3.12. The van der Waals surface area contributed by atoms with Crippen LogP contribution in [0.25, 0.3) is 11.0 Å². The molecule has 0 unspecified atom stereocenters. The molecule has 4 rings (SSSR count). The Bertz CT molecular complexity index is 1240. The zero-order valence-corrected chi connectivity index (χ0v) is 15.5. The van der Waals surface area contributed by atoms with Gasteiger partial charge in [0.15, 0.2) is 5.82 Å². The average molecular weight is 421 g/mol. The zero-order chi connectivity index (χ0) is 20.8. The first-order chi connectivity index (χ1) is 13.8. The first-order valence-electron chi connectivity index (χ1n) is 8.36. The maximum atomic E-state index is 13.4. The van der Waals surface area contributed by atoms with Crippen molar-refractivity contribution < 1.29 is 31.5 Å². The van der Waals surface area contributed by atoms with Gasteiger partial charge in [-0.25, -0.2) is 17.7 Å². The lowest BCUT2D eigenvalue weighted by atomic mass is 10.2. The van der Waals surface area contributed by atoms with Crippen LogP contribution in [0.1, 0.15) is 22.7 Å². The fourth-order valence-electron chi connectivity index (χ4n) is 3.11. The van der Waals surface area contributed by atoms with Crippen molar-refractivity contribution in [3.8, 4) is 0 Å². The van der Waals surface area contributed by atoms with Gasteiger partial charge in [0, 0.05) is 0 Å². The van der Waals surface area contributed by atoms with Crippen LogP contribution in [-0.4, -0.2) is 40.7 Å². The summed E-state index contributed by atoms with van der Waals surface area (Å²) in [7, 11) is -4.17. The number of alkyl halides is 2. The van der Waals surface area contributed by atoms with Crippen LogP contribution in [0, 0.1) is 0 Å². The highest BCUT2D eigenvalue weighted by molar-refractivity contribution is 7.90. The largest absolute Gasteiger partial charge is 0.456 e. The van der Waals surface area contributed by atoms with Crippen LogP contribution in [0.15, 0.2) is 53.4 Å². The number of carbonyl (C=O) groups excluding carboxylic acids is 2. The summed E-state index contributed by atoms with van der Waals surface area (Å²) in [6, 6.07) is 11.7. The summed E-state index contributed by atoms with van der Waals surface area (Å²) < 4.78 is 57.6. The van der Waals surface area contributed by atoms with Crippen LogP contribution in [-0.2, 0) is 26.2 Å². The van der Waals surface area contributed by atoms with Gasteiger partial charge in [0.25, 0.3) is 15.9 Å². The Morgan fingerprint density at radius 1 is 1.10 bits per heavy atom. The fourth-order valence-corrected chi connectivity index (χ4v) is 4.62. The number of hydrogen-bond acceptors (Lipinski definition) is 6. The van der Waals surface area contributed by atoms with E-state index >= 15 is 0 Å². The number of imidazole rings is 1. The molecule has 1 amide bonds. The van der Waals surface area contributed by atoms with Gasteiger partial charge in [-0.15, -0.1) is 0 Å². The highest BCUT2D eigenvalue weighted by Gasteiger charge is 2.42. The minimum atomic E-state index is -4.17. The van der Waals surface area contributed by atoms with Crippen molar-refractivity contribution in [2.24, 2.45) is 0 Å². The number of benzene rings is 2. The second kappa shape index (κ2) is 6.92. The van der Waals surface area contributed by atoms with Crippen molar-refractivity contribution in [2.45, 2.75) is 18.1 Å². The number of sulfonamides is 1. The SMILES string of the molecule is O=C(CN1C(=O)c2ccccc2S1(=O)=O)OCc1nc2ccccc2n1C(F)F. The Kier molecular flexibility index (Phi) is 4.53. The van der Waals surface area contributed by atoms with Gasteiger partial charge in [0.2, 0.25) is 0 Å². The van der Waals surface area contributed by atoms with E-state index in [9.17, 15) is 26.8 Å². The summed E-state index contributed by atoms with van der Waals surface area (Å²) in [5, 5.41) is 0. The molecule has 0 saturated heterocycles. The number of ether oxygens (including phenoxy) is 1. The molecule has 0 atom stereocenters. The highest BCUT2D eigenvalue weighted by Crippen LogP contribution is 2.29. The molecule has 0 saturated carbocycles. The Morgan fingerprint density at radius 3 is 2.52 bits per heavy atom. The number of halogens is 2. The molecular weight excluding hydrogens is 408 g/mol. The van der Waals surface area contributed by atoms with E-state index in [2.05, 4.69) is 4.98 Å². The third-order valence-electron chi connectivity index (χ3n) is 4.41. The van der Waals surface area contributed by atoms with Crippen LogP contribution in [0.3, 0.4) is 0 Å². The number of amides is 1. The second-order valence-corrected chi connectivity index (χ2v) is 7.97. The number of fused-ring (bicyclic) bond motifs is 2. The number of esters is 1. The number of nitrogens with zero attached hydrogens (tertiary/aromatic N) is 3. The fraction of sp³-hybridized carbons (Fsp3) is 0.167. The van der Waals surface area contributed by atoms with Gasteiger partial charge in [-0.1, -0.05) is 24.3 Å². The maximum absolute atomic E-state index is 13.4. The van der Waals surface area contributed by atoms with Gasteiger partial charge in [0.05, 0.1) is 16.6 Å². The Labute approximate surface area is 163 Å². The molecule has 150 valence electrons. The molecule has 0 fully saturated rings. The lowest BCUT2D eigenvalue weighted by molar-refractivity contribution is -0.145. The van der Waals surface area contributed by atoms with Crippen molar-refractivity contribution in [3.63, 3.8) is 0 Å². The molecule has 0 spiro atoms. The monoisotopic (exact) mass is 421 g/mol. The van der Waals surface area contributed by atoms with E-state index in [1.807, 2.05) is 0 Å². The lowest BCUT2D eigenvalue weighted by Gasteiger charge is -2.14. The predicted molar refractivity (Wildman–Crippen MR) is 95.4 cm³/mol. The van der Waals surface area contributed by atoms with E-state index in [0.717, 1.165) is 0 Å². The van der Waals surface area contributed by atoms with Gasteiger partial charge in [-0.05, 0) is 24.3 Å². The van der Waals surface area contributed by atoms with Gasteiger partial charge in [-0.2, -0.15) is 8.78 Å². The number of hydrogen-bond donors (Lipinski definition) is 0. The number of carbonyl (C=O) groups is 2. The summed E-state index contributed by atoms with van der Waals surface area (Å²) in [5.74, 6) is -2.12. The maximum Gasteiger partial charge on any atom is 0.327 e. The summed E-state index contributed by atoms with van der Waals surface area (Å²) in [6.07, 6.45) is 0. The van der Waals surface area contributed by atoms with Crippen LogP contribution in [0.4, 0.5) is 8.78 Å². The van der Waals surface area contributed by atoms with Gasteiger partial charge < -0.3 is 4.74 Å². The summed E-state index contributed by atoms with van der Waals surface area (Å²) in [6.45, 7) is -4.39.